The van der Waals surface area contributed by atoms with Crippen LogP contribution in [-0.4, -0.2) is 3.21 Å². The first-order valence-electron chi connectivity index (χ1n) is 15.9. The maximum absolute atomic E-state index is 3.39. The van der Waals surface area contributed by atoms with Crippen molar-refractivity contribution in [1.82, 2.24) is 0 Å². The normalized spacial score (nSPS) is 14.1. The van der Waals surface area contributed by atoms with Gasteiger partial charge in [-0.2, -0.15) is 11.6 Å². The summed E-state index contributed by atoms with van der Waals surface area (Å²) in [5.74, 6) is 0.468. The van der Waals surface area contributed by atoms with Gasteiger partial charge in [-0.05, 0) is 10.8 Å². The smallest absolute Gasteiger partial charge is 1.00 e. The van der Waals surface area contributed by atoms with Gasteiger partial charge in [-0.3, -0.25) is 6.08 Å². The van der Waals surface area contributed by atoms with Gasteiger partial charge in [0, 0.05) is 0 Å². The van der Waals surface area contributed by atoms with Crippen molar-refractivity contribution in [2.75, 3.05) is 0 Å². The van der Waals surface area contributed by atoms with Gasteiger partial charge in [0.15, 0.2) is 0 Å². The minimum Gasteiger partial charge on any atom is -1.00 e. The quantitative estimate of drug-likeness (QED) is 0.202. The second-order valence-electron chi connectivity index (χ2n) is 14.0. The molecule has 0 radical (unpaired) electrons. The Kier molecular flexibility index (Phi) is 14.8. The number of allylic oxidation sites excluding steroid dienone is 4. The molecule has 0 nitrogen and oxygen atoms in total. The van der Waals surface area contributed by atoms with E-state index in [2.05, 4.69) is 172 Å². The van der Waals surface area contributed by atoms with Crippen LogP contribution in [0.2, 0.25) is 0 Å². The molecule has 0 aliphatic heterocycles. The first-order valence-corrected chi connectivity index (χ1v) is 17.2. The molecule has 5 aromatic rings. The standard InChI is InChI=1S/C21H25.C13H13.C9H10.2ClH.Zr/c1-20(2,3)16-9-7-14-11-15-8-10-17(21(4,5)6)13-19(15)18(14)12-16;1-10-8-11(2)13(9-10)12-6-4-3-5-7-12;1-2-6-9-7-4-3-5-8-9;;;/h7-13H,1-6H3;3-7,9-10H,1-2H3;3-5,7-8H,2H2,1H3;2*1H;/q2*-1;;;;+2/p-2. The van der Waals surface area contributed by atoms with Gasteiger partial charge in [-0.25, -0.2) is 5.57 Å². The molecule has 0 bridgehead atoms. The Balaban J connectivity index is 0.000000254. The second kappa shape index (κ2) is 17.1. The molecule has 0 saturated heterocycles. The van der Waals surface area contributed by atoms with E-state index in [1.165, 1.54) is 85.6 Å². The number of halogens is 2. The van der Waals surface area contributed by atoms with E-state index >= 15 is 0 Å². The van der Waals surface area contributed by atoms with Crippen LogP contribution < -0.4 is 24.8 Å². The third kappa shape index (κ3) is 10.3. The zero-order valence-corrected chi connectivity index (χ0v) is 32.9. The summed E-state index contributed by atoms with van der Waals surface area (Å²) in [5.41, 5.74) is 8.53. The van der Waals surface area contributed by atoms with Crippen LogP contribution in [0.15, 0.2) is 115 Å². The van der Waals surface area contributed by atoms with Gasteiger partial charge in [0.1, 0.15) is 0 Å². The molecular formula is C43H48Cl2Zr-2. The molecule has 1 aliphatic rings. The molecular weight excluding hydrogens is 679 g/mol. The summed E-state index contributed by atoms with van der Waals surface area (Å²) in [4.78, 5) is 0. The average molecular weight is 727 g/mol. The molecule has 0 amide bonds. The maximum atomic E-state index is 3.39. The fraction of sp³-hybridized carbons (Fsp3) is 0.302. The minimum absolute atomic E-state index is 0. The SMILES string of the molecule is CC(C)(C)c1ccc2[cH-]c3ccc(C(C)(C)C)cc3c2c1.CC1=[C-]C(C)C=C1c1ccccc1.CC[C](=[Zr+2])c1ccccc1.[Cl-].[Cl-]. The van der Waals surface area contributed by atoms with Gasteiger partial charge in [-0.15, -0.1) is 45.3 Å². The van der Waals surface area contributed by atoms with Gasteiger partial charge < -0.3 is 24.8 Å². The Morgan fingerprint density at radius 3 is 1.57 bits per heavy atom. The van der Waals surface area contributed by atoms with Crippen molar-refractivity contribution >= 4 is 30.3 Å². The molecule has 1 atom stereocenters. The van der Waals surface area contributed by atoms with Crippen molar-refractivity contribution in [3.05, 3.63) is 143 Å². The van der Waals surface area contributed by atoms with E-state index in [0.29, 0.717) is 5.92 Å². The third-order valence-corrected chi connectivity index (χ3v) is 9.84. The van der Waals surface area contributed by atoms with E-state index < -0.39 is 0 Å². The molecule has 0 fully saturated rings. The van der Waals surface area contributed by atoms with E-state index in [-0.39, 0.29) is 35.6 Å². The molecule has 0 spiro atoms. The molecule has 1 aliphatic carbocycles. The van der Waals surface area contributed by atoms with Gasteiger partial charge in [-0.1, -0.05) is 127 Å². The largest absolute Gasteiger partial charge is 1.00 e. The zero-order chi connectivity index (χ0) is 32.1. The van der Waals surface area contributed by atoms with Crippen LogP contribution in [0, 0.1) is 12.0 Å². The van der Waals surface area contributed by atoms with E-state index in [9.17, 15) is 0 Å². The van der Waals surface area contributed by atoms with E-state index in [0.717, 1.165) is 0 Å². The molecule has 3 heteroatoms. The van der Waals surface area contributed by atoms with Crippen molar-refractivity contribution in [2.24, 2.45) is 5.92 Å². The number of hydrogen-bond donors (Lipinski definition) is 0. The van der Waals surface area contributed by atoms with Crippen molar-refractivity contribution < 1.29 is 49.0 Å². The summed E-state index contributed by atoms with van der Waals surface area (Å²) < 4.78 is 1.55. The molecule has 1 unspecified atom stereocenters. The van der Waals surface area contributed by atoms with E-state index in [1.807, 2.05) is 6.07 Å². The summed E-state index contributed by atoms with van der Waals surface area (Å²) in [6, 6.07) is 37.2. The first kappa shape index (κ1) is 39.7. The van der Waals surface area contributed by atoms with Crippen LogP contribution >= 0.6 is 0 Å². The Morgan fingerprint density at radius 2 is 1.17 bits per heavy atom. The Hall–Kier alpha value is -2.44. The molecule has 0 N–H and O–H groups in total. The molecule has 5 aromatic carbocycles. The van der Waals surface area contributed by atoms with Crippen molar-refractivity contribution in [3.8, 4) is 0 Å². The monoisotopic (exact) mass is 724 g/mol. The summed E-state index contributed by atoms with van der Waals surface area (Å²) in [5, 5.41) is 5.49. The van der Waals surface area contributed by atoms with Crippen molar-refractivity contribution in [2.45, 2.75) is 79.6 Å². The van der Waals surface area contributed by atoms with Crippen LogP contribution in [0.4, 0.5) is 0 Å². The third-order valence-electron chi connectivity index (χ3n) is 8.27. The topological polar surface area (TPSA) is 0 Å². The molecule has 6 rings (SSSR count). The van der Waals surface area contributed by atoms with Crippen molar-refractivity contribution in [1.29, 1.82) is 0 Å². The van der Waals surface area contributed by atoms with Gasteiger partial charge in [0.25, 0.3) is 0 Å². The molecule has 0 heterocycles. The fourth-order valence-corrected chi connectivity index (χ4v) is 5.95. The van der Waals surface area contributed by atoms with E-state index in [1.54, 1.807) is 3.21 Å². The zero-order valence-electron chi connectivity index (χ0n) is 28.9. The first-order chi connectivity index (χ1) is 20.8. The molecule has 0 saturated carbocycles. The van der Waals surface area contributed by atoms with Crippen LogP contribution in [0.5, 0.6) is 0 Å². The molecule has 0 aromatic heterocycles. The van der Waals surface area contributed by atoms with Crippen LogP contribution in [0.25, 0.3) is 27.1 Å². The predicted molar refractivity (Wildman–Crippen MR) is 191 cm³/mol. The van der Waals surface area contributed by atoms with Gasteiger partial charge >= 0.3 is 76.7 Å². The molecule has 46 heavy (non-hydrogen) atoms. The summed E-state index contributed by atoms with van der Waals surface area (Å²) in [7, 11) is 0. The number of hydrogen-bond acceptors (Lipinski definition) is 0. The van der Waals surface area contributed by atoms with Crippen LogP contribution in [0.3, 0.4) is 0 Å². The Bertz CT molecular complexity index is 1710. The number of rotatable bonds is 3. The minimum atomic E-state index is 0. The summed E-state index contributed by atoms with van der Waals surface area (Å²) >= 11 is 1.54. The maximum Gasteiger partial charge on any atom is -1.00 e. The average Bonchev–Trinajstić information content (AvgIpc) is 3.55. The van der Waals surface area contributed by atoms with Crippen molar-refractivity contribution in [3.63, 3.8) is 0 Å². The Labute approximate surface area is 305 Å². The number of benzene rings is 4. The fourth-order valence-electron chi connectivity index (χ4n) is 5.54. The predicted octanol–water partition coefficient (Wildman–Crippen LogP) is 5.95. The molecule has 240 valence electrons. The van der Waals surface area contributed by atoms with Crippen LogP contribution in [-0.2, 0) is 35.1 Å². The van der Waals surface area contributed by atoms with E-state index in [4.69, 9.17) is 0 Å². The summed E-state index contributed by atoms with van der Waals surface area (Å²) in [6.45, 7) is 20.2. The number of fused-ring (bicyclic) bond motifs is 3. The Morgan fingerprint density at radius 1 is 0.717 bits per heavy atom. The van der Waals surface area contributed by atoms with Gasteiger partial charge in [0.2, 0.25) is 0 Å². The van der Waals surface area contributed by atoms with Gasteiger partial charge in [0.05, 0.1) is 0 Å². The second-order valence-corrected chi connectivity index (χ2v) is 15.4. The van der Waals surface area contributed by atoms with Crippen LogP contribution in [0.1, 0.15) is 91.0 Å². The summed E-state index contributed by atoms with van der Waals surface area (Å²) in [6.07, 6.45) is 6.84.